The Hall–Kier alpha value is -2.53. The first-order chi connectivity index (χ1) is 12.2. The van der Waals surface area contributed by atoms with E-state index in [0.29, 0.717) is 31.3 Å². The van der Waals surface area contributed by atoms with Gasteiger partial charge in [-0.2, -0.15) is 0 Å². The summed E-state index contributed by atoms with van der Waals surface area (Å²) in [5.74, 6) is 1.32. The molecule has 0 unspecified atom stereocenters. The van der Waals surface area contributed by atoms with Crippen molar-refractivity contribution < 1.29 is 19.0 Å². The van der Waals surface area contributed by atoms with Crippen molar-refractivity contribution in [1.82, 2.24) is 5.32 Å². The number of rotatable bonds is 10. The summed E-state index contributed by atoms with van der Waals surface area (Å²) in [5, 5.41) is 2.90. The van der Waals surface area contributed by atoms with Crippen LogP contribution in [0.3, 0.4) is 0 Å². The Bertz CT molecular complexity index is 658. The standard InChI is InChI=1S/C20H25NO4/c1-23-18-10-9-17(19(14-18)24-2)13-20(22)21-11-6-12-25-15-16-7-4-3-5-8-16/h3-5,7-10,14H,6,11-13,15H2,1-2H3,(H,21,22). The number of amides is 1. The highest BCUT2D eigenvalue weighted by Crippen LogP contribution is 2.24. The van der Waals surface area contributed by atoms with Gasteiger partial charge >= 0.3 is 0 Å². The lowest BCUT2D eigenvalue weighted by Crippen LogP contribution is -2.27. The first-order valence-corrected chi connectivity index (χ1v) is 8.32. The van der Waals surface area contributed by atoms with Crippen molar-refractivity contribution in [3.05, 3.63) is 59.7 Å². The van der Waals surface area contributed by atoms with Gasteiger partial charge in [0, 0.05) is 24.8 Å². The molecule has 1 amide bonds. The Morgan fingerprint density at radius 1 is 1.04 bits per heavy atom. The molecule has 5 nitrogen and oxygen atoms in total. The maximum absolute atomic E-state index is 12.1. The van der Waals surface area contributed by atoms with E-state index < -0.39 is 0 Å². The lowest BCUT2D eigenvalue weighted by atomic mass is 10.1. The maximum Gasteiger partial charge on any atom is 0.224 e. The first kappa shape index (κ1) is 18.8. The number of nitrogens with one attached hydrogen (secondary N) is 1. The molecule has 0 spiro atoms. The van der Waals surface area contributed by atoms with Crippen LogP contribution < -0.4 is 14.8 Å². The molecule has 1 N–H and O–H groups in total. The molecule has 5 heteroatoms. The van der Waals surface area contributed by atoms with Crippen LogP contribution in [0.4, 0.5) is 0 Å². The summed E-state index contributed by atoms with van der Waals surface area (Å²) < 4.78 is 16.1. The van der Waals surface area contributed by atoms with Crippen LogP contribution in [0.2, 0.25) is 0 Å². The predicted molar refractivity (Wildman–Crippen MR) is 97.0 cm³/mol. The number of hydrogen-bond donors (Lipinski definition) is 1. The molecular weight excluding hydrogens is 318 g/mol. The molecule has 0 radical (unpaired) electrons. The molecule has 2 rings (SSSR count). The Labute approximate surface area is 148 Å². The normalized spacial score (nSPS) is 10.3. The molecule has 0 fully saturated rings. The van der Waals surface area contributed by atoms with Crippen molar-refractivity contribution in [1.29, 1.82) is 0 Å². The molecule has 0 aliphatic heterocycles. The van der Waals surface area contributed by atoms with Crippen LogP contribution in [0, 0.1) is 0 Å². The molecule has 0 saturated heterocycles. The largest absolute Gasteiger partial charge is 0.497 e. The van der Waals surface area contributed by atoms with Crippen molar-refractivity contribution in [3.63, 3.8) is 0 Å². The second-order valence-electron chi connectivity index (χ2n) is 5.60. The summed E-state index contributed by atoms with van der Waals surface area (Å²) in [6.45, 7) is 1.80. The van der Waals surface area contributed by atoms with E-state index in [9.17, 15) is 4.79 Å². The van der Waals surface area contributed by atoms with Gasteiger partial charge in [-0.3, -0.25) is 4.79 Å². The van der Waals surface area contributed by atoms with Gasteiger partial charge < -0.3 is 19.5 Å². The third kappa shape index (κ3) is 6.47. The van der Waals surface area contributed by atoms with E-state index in [-0.39, 0.29) is 12.3 Å². The van der Waals surface area contributed by atoms with Gasteiger partial charge in [-0.25, -0.2) is 0 Å². The van der Waals surface area contributed by atoms with Gasteiger partial charge in [0.2, 0.25) is 5.91 Å². The molecule has 0 saturated carbocycles. The second kappa shape index (κ2) is 10.4. The molecule has 25 heavy (non-hydrogen) atoms. The summed E-state index contributed by atoms with van der Waals surface area (Å²) in [5.41, 5.74) is 1.99. The highest BCUT2D eigenvalue weighted by molar-refractivity contribution is 5.79. The molecule has 0 atom stereocenters. The van der Waals surface area contributed by atoms with E-state index in [0.717, 1.165) is 17.5 Å². The van der Waals surface area contributed by atoms with E-state index >= 15 is 0 Å². The van der Waals surface area contributed by atoms with Gasteiger partial charge in [-0.15, -0.1) is 0 Å². The fourth-order valence-corrected chi connectivity index (χ4v) is 2.40. The van der Waals surface area contributed by atoms with Gasteiger partial charge in [0.05, 0.1) is 27.2 Å². The Balaban J connectivity index is 1.65. The van der Waals surface area contributed by atoms with Crippen molar-refractivity contribution in [2.45, 2.75) is 19.4 Å². The fourth-order valence-electron chi connectivity index (χ4n) is 2.40. The van der Waals surface area contributed by atoms with Crippen LogP contribution in [0.5, 0.6) is 11.5 Å². The number of ether oxygens (including phenoxy) is 3. The Morgan fingerprint density at radius 2 is 1.84 bits per heavy atom. The minimum atomic E-state index is -0.0356. The van der Waals surface area contributed by atoms with Crippen LogP contribution in [-0.2, 0) is 22.6 Å². The van der Waals surface area contributed by atoms with Gasteiger partial charge in [0.1, 0.15) is 11.5 Å². The zero-order valence-corrected chi connectivity index (χ0v) is 14.8. The smallest absolute Gasteiger partial charge is 0.224 e. The lowest BCUT2D eigenvalue weighted by Gasteiger charge is -2.11. The molecule has 134 valence electrons. The number of carbonyl (C=O) groups is 1. The molecular formula is C20H25NO4. The van der Waals surface area contributed by atoms with Gasteiger partial charge in [0.15, 0.2) is 0 Å². The Kier molecular flexibility index (Phi) is 7.79. The summed E-state index contributed by atoms with van der Waals surface area (Å²) in [4.78, 5) is 12.1. The number of carbonyl (C=O) groups excluding carboxylic acids is 1. The molecule has 0 heterocycles. The summed E-state index contributed by atoms with van der Waals surface area (Å²) in [6, 6.07) is 15.5. The van der Waals surface area contributed by atoms with Gasteiger partial charge in [0.25, 0.3) is 0 Å². The monoisotopic (exact) mass is 343 g/mol. The minimum Gasteiger partial charge on any atom is -0.497 e. The molecule has 0 bridgehead atoms. The average Bonchev–Trinajstić information content (AvgIpc) is 2.65. The lowest BCUT2D eigenvalue weighted by molar-refractivity contribution is -0.120. The second-order valence-corrected chi connectivity index (χ2v) is 5.60. The quantitative estimate of drug-likeness (QED) is 0.674. The number of hydrogen-bond acceptors (Lipinski definition) is 4. The highest BCUT2D eigenvalue weighted by Gasteiger charge is 2.09. The van der Waals surface area contributed by atoms with Crippen molar-refractivity contribution in [2.24, 2.45) is 0 Å². The highest BCUT2D eigenvalue weighted by atomic mass is 16.5. The summed E-state index contributed by atoms with van der Waals surface area (Å²) in [6.07, 6.45) is 1.05. The SMILES string of the molecule is COc1ccc(CC(=O)NCCCOCc2ccccc2)c(OC)c1. The van der Waals surface area contributed by atoms with E-state index in [2.05, 4.69) is 5.32 Å². The maximum atomic E-state index is 12.1. The molecule has 2 aromatic carbocycles. The molecule has 0 aliphatic rings. The van der Waals surface area contributed by atoms with Crippen LogP contribution in [-0.4, -0.2) is 33.3 Å². The molecule has 2 aromatic rings. The van der Waals surface area contributed by atoms with Gasteiger partial charge in [-0.05, 0) is 18.1 Å². The van der Waals surface area contributed by atoms with Crippen LogP contribution in [0.15, 0.2) is 48.5 Å². The first-order valence-electron chi connectivity index (χ1n) is 8.32. The topological polar surface area (TPSA) is 56.8 Å². The number of methoxy groups -OCH3 is 2. The third-order valence-electron chi connectivity index (χ3n) is 3.74. The van der Waals surface area contributed by atoms with Crippen LogP contribution >= 0.6 is 0 Å². The summed E-state index contributed by atoms with van der Waals surface area (Å²) in [7, 11) is 3.18. The molecule has 0 aromatic heterocycles. The Morgan fingerprint density at radius 3 is 2.56 bits per heavy atom. The van der Waals surface area contributed by atoms with Crippen LogP contribution in [0.1, 0.15) is 17.5 Å². The predicted octanol–water partition coefficient (Wildman–Crippen LogP) is 2.97. The van der Waals surface area contributed by atoms with E-state index in [4.69, 9.17) is 14.2 Å². The van der Waals surface area contributed by atoms with E-state index in [1.807, 2.05) is 42.5 Å². The average molecular weight is 343 g/mol. The minimum absolute atomic E-state index is 0.0356. The van der Waals surface area contributed by atoms with Crippen molar-refractivity contribution in [2.75, 3.05) is 27.4 Å². The van der Waals surface area contributed by atoms with Crippen molar-refractivity contribution >= 4 is 5.91 Å². The number of benzene rings is 2. The van der Waals surface area contributed by atoms with Crippen LogP contribution in [0.25, 0.3) is 0 Å². The van der Waals surface area contributed by atoms with Crippen molar-refractivity contribution in [3.8, 4) is 11.5 Å². The zero-order valence-electron chi connectivity index (χ0n) is 14.8. The summed E-state index contributed by atoms with van der Waals surface area (Å²) >= 11 is 0. The van der Waals surface area contributed by atoms with Gasteiger partial charge in [-0.1, -0.05) is 36.4 Å². The third-order valence-corrected chi connectivity index (χ3v) is 3.74. The molecule has 0 aliphatic carbocycles. The van der Waals surface area contributed by atoms with E-state index in [1.54, 1.807) is 20.3 Å². The fraction of sp³-hybridized carbons (Fsp3) is 0.350. The van der Waals surface area contributed by atoms with E-state index in [1.165, 1.54) is 0 Å². The zero-order chi connectivity index (χ0) is 17.9.